The highest BCUT2D eigenvalue weighted by Gasteiger charge is 2.27. The van der Waals surface area contributed by atoms with E-state index < -0.39 is 0 Å². The highest BCUT2D eigenvalue weighted by Crippen LogP contribution is 2.31. The van der Waals surface area contributed by atoms with Crippen molar-refractivity contribution in [2.75, 3.05) is 0 Å². The average molecular weight is 222 g/mol. The van der Waals surface area contributed by atoms with Crippen molar-refractivity contribution < 1.29 is 0 Å². The maximum absolute atomic E-state index is 4.52. The molecular weight excluding hydrogens is 196 g/mol. The molecule has 1 heterocycles. The molecule has 0 fully saturated rings. The summed E-state index contributed by atoms with van der Waals surface area (Å²) < 4.78 is 2.17. The molecule has 1 aromatic rings. The Morgan fingerprint density at radius 2 is 2.00 bits per heavy atom. The fourth-order valence-electron chi connectivity index (χ4n) is 2.34. The molecule has 0 radical (unpaired) electrons. The van der Waals surface area contributed by atoms with E-state index in [-0.39, 0.29) is 5.41 Å². The number of imidazole rings is 1. The molecule has 0 bridgehead atoms. The van der Waals surface area contributed by atoms with Crippen molar-refractivity contribution in [3.8, 4) is 0 Å². The summed E-state index contributed by atoms with van der Waals surface area (Å²) in [6.45, 7) is 6.88. The van der Waals surface area contributed by atoms with Crippen LogP contribution < -0.4 is 0 Å². The Hall–Kier alpha value is -0.790. The lowest BCUT2D eigenvalue weighted by Gasteiger charge is -2.27. The number of aryl methyl sites for hydroxylation is 1. The van der Waals surface area contributed by atoms with Gasteiger partial charge < -0.3 is 4.57 Å². The second-order valence-electron chi connectivity index (χ2n) is 5.09. The van der Waals surface area contributed by atoms with Crippen LogP contribution in [0.3, 0.4) is 0 Å². The van der Waals surface area contributed by atoms with E-state index in [0.29, 0.717) is 0 Å². The van der Waals surface area contributed by atoms with Gasteiger partial charge in [0.25, 0.3) is 0 Å². The Morgan fingerprint density at radius 3 is 2.50 bits per heavy atom. The highest BCUT2D eigenvalue weighted by molar-refractivity contribution is 5.07. The molecule has 0 spiro atoms. The quantitative estimate of drug-likeness (QED) is 0.636. The first-order valence-corrected chi connectivity index (χ1v) is 6.62. The van der Waals surface area contributed by atoms with Gasteiger partial charge in [0.15, 0.2) is 0 Å². The van der Waals surface area contributed by atoms with Gasteiger partial charge in [-0.2, -0.15) is 0 Å². The van der Waals surface area contributed by atoms with Crippen molar-refractivity contribution in [2.24, 2.45) is 7.05 Å². The molecule has 1 rings (SSSR count). The van der Waals surface area contributed by atoms with Gasteiger partial charge in [0.1, 0.15) is 5.82 Å². The van der Waals surface area contributed by atoms with Gasteiger partial charge >= 0.3 is 0 Å². The zero-order chi connectivity index (χ0) is 12.0. The second kappa shape index (κ2) is 6.07. The summed E-state index contributed by atoms with van der Waals surface area (Å²) >= 11 is 0. The minimum Gasteiger partial charge on any atom is -0.338 e. The SMILES string of the molecule is CCCCCCC(C)(CC)c1nccn1C. The van der Waals surface area contributed by atoms with Crippen LogP contribution in [0.2, 0.25) is 0 Å². The monoisotopic (exact) mass is 222 g/mol. The van der Waals surface area contributed by atoms with Crippen molar-refractivity contribution in [3.05, 3.63) is 18.2 Å². The topological polar surface area (TPSA) is 17.8 Å². The van der Waals surface area contributed by atoms with E-state index in [9.17, 15) is 0 Å². The fourth-order valence-corrected chi connectivity index (χ4v) is 2.34. The maximum atomic E-state index is 4.52. The molecule has 2 heteroatoms. The number of rotatable bonds is 7. The van der Waals surface area contributed by atoms with E-state index >= 15 is 0 Å². The standard InChI is InChI=1S/C14H26N2/c1-5-7-8-9-10-14(3,6-2)13-15-11-12-16(13)4/h11-12H,5-10H2,1-4H3. The Morgan fingerprint density at radius 1 is 1.25 bits per heavy atom. The molecule has 0 N–H and O–H groups in total. The average Bonchev–Trinajstić information content (AvgIpc) is 2.71. The van der Waals surface area contributed by atoms with E-state index in [1.54, 1.807) is 0 Å². The third kappa shape index (κ3) is 3.10. The molecule has 1 unspecified atom stereocenters. The van der Waals surface area contributed by atoms with Crippen molar-refractivity contribution in [1.82, 2.24) is 9.55 Å². The Labute approximate surface area is 100 Å². The number of nitrogens with zero attached hydrogens (tertiary/aromatic N) is 2. The van der Waals surface area contributed by atoms with Crippen molar-refractivity contribution >= 4 is 0 Å². The molecular formula is C14H26N2. The molecule has 92 valence electrons. The zero-order valence-electron chi connectivity index (χ0n) is 11.3. The van der Waals surface area contributed by atoms with Gasteiger partial charge in [-0.05, 0) is 12.8 Å². The summed E-state index contributed by atoms with van der Waals surface area (Å²) in [5.74, 6) is 1.24. The molecule has 0 aliphatic carbocycles. The van der Waals surface area contributed by atoms with Gasteiger partial charge in [0, 0.05) is 24.9 Å². The van der Waals surface area contributed by atoms with Crippen molar-refractivity contribution in [1.29, 1.82) is 0 Å². The molecule has 0 aromatic carbocycles. The molecule has 0 amide bonds. The second-order valence-corrected chi connectivity index (χ2v) is 5.09. The molecule has 2 nitrogen and oxygen atoms in total. The van der Waals surface area contributed by atoms with Crippen LogP contribution in [0.15, 0.2) is 12.4 Å². The van der Waals surface area contributed by atoms with Crippen LogP contribution in [0.4, 0.5) is 0 Å². The van der Waals surface area contributed by atoms with E-state index in [4.69, 9.17) is 0 Å². The molecule has 0 saturated carbocycles. The van der Waals surface area contributed by atoms with E-state index in [0.717, 1.165) is 0 Å². The number of hydrogen-bond acceptors (Lipinski definition) is 1. The largest absolute Gasteiger partial charge is 0.338 e. The summed E-state index contributed by atoms with van der Waals surface area (Å²) in [6.07, 6.45) is 11.7. The van der Waals surface area contributed by atoms with Gasteiger partial charge in [-0.1, -0.05) is 46.5 Å². The molecule has 1 aromatic heterocycles. The van der Waals surface area contributed by atoms with Gasteiger partial charge in [-0.3, -0.25) is 0 Å². The normalized spacial score (nSPS) is 15.0. The van der Waals surface area contributed by atoms with E-state index in [1.807, 2.05) is 6.20 Å². The van der Waals surface area contributed by atoms with E-state index in [1.165, 1.54) is 44.3 Å². The van der Waals surface area contributed by atoms with Crippen molar-refractivity contribution in [2.45, 2.75) is 64.7 Å². The first kappa shape index (κ1) is 13.3. The van der Waals surface area contributed by atoms with Crippen LogP contribution >= 0.6 is 0 Å². The minimum atomic E-state index is 0.256. The Bertz CT molecular complexity index is 303. The van der Waals surface area contributed by atoms with Crippen LogP contribution in [0.5, 0.6) is 0 Å². The predicted octanol–water partition coefficient (Wildman–Crippen LogP) is 4.06. The van der Waals surface area contributed by atoms with Crippen LogP contribution in [-0.2, 0) is 12.5 Å². The van der Waals surface area contributed by atoms with Gasteiger partial charge in [-0.25, -0.2) is 4.98 Å². The maximum Gasteiger partial charge on any atom is 0.114 e. The number of hydrogen-bond donors (Lipinski definition) is 0. The molecule has 16 heavy (non-hydrogen) atoms. The summed E-state index contributed by atoms with van der Waals surface area (Å²) in [4.78, 5) is 4.52. The molecule has 0 aliphatic rings. The lowest BCUT2D eigenvalue weighted by atomic mass is 9.81. The van der Waals surface area contributed by atoms with Gasteiger partial charge in [0.2, 0.25) is 0 Å². The molecule has 0 aliphatic heterocycles. The van der Waals surface area contributed by atoms with Crippen LogP contribution in [-0.4, -0.2) is 9.55 Å². The Kier molecular flexibility index (Phi) is 5.04. The fraction of sp³-hybridized carbons (Fsp3) is 0.786. The highest BCUT2D eigenvalue weighted by atomic mass is 15.0. The number of aromatic nitrogens is 2. The van der Waals surface area contributed by atoms with Gasteiger partial charge in [0.05, 0.1) is 0 Å². The lowest BCUT2D eigenvalue weighted by Crippen LogP contribution is -2.25. The smallest absolute Gasteiger partial charge is 0.114 e. The first-order valence-electron chi connectivity index (χ1n) is 6.62. The predicted molar refractivity (Wildman–Crippen MR) is 69.6 cm³/mol. The minimum absolute atomic E-state index is 0.256. The molecule has 0 saturated heterocycles. The van der Waals surface area contributed by atoms with Crippen molar-refractivity contribution in [3.63, 3.8) is 0 Å². The summed E-state index contributed by atoms with van der Waals surface area (Å²) in [5.41, 5.74) is 0.256. The summed E-state index contributed by atoms with van der Waals surface area (Å²) in [5, 5.41) is 0. The Balaban J connectivity index is 2.60. The lowest BCUT2D eigenvalue weighted by molar-refractivity contribution is 0.365. The zero-order valence-corrected chi connectivity index (χ0v) is 11.3. The van der Waals surface area contributed by atoms with E-state index in [2.05, 4.69) is 43.6 Å². The van der Waals surface area contributed by atoms with Crippen LogP contribution in [0.25, 0.3) is 0 Å². The summed E-state index contributed by atoms with van der Waals surface area (Å²) in [7, 11) is 2.10. The first-order chi connectivity index (χ1) is 7.64. The van der Waals surface area contributed by atoms with Crippen LogP contribution in [0, 0.1) is 0 Å². The van der Waals surface area contributed by atoms with Crippen LogP contribution in [0.1, 0.15) is 65.1 Å². The van der Waals surface area contributed by atoms with Gasteiger partial charge in [-0.15, -0.1) is 0 Å². The molecule has 1 atom stereocenters. The summed E-state index contributed by atoms with van der Waals surface area (Å²) in [6, 6.07) is 0. The third-order valence-electron chi connectivity index (χ3n) is 3.72. The third-order valence-corrected chi connectivity index (χ3v) is 3.72. The number of unbranched alkanes of at least 4 members (excludes halogenated alkanes) is 3.